The van der Waals surface area contributed by atoms with Crippen molar-refractivity contribution in [3.8, 4) is 11.6 Å². The first-order valence-electron chi connectivity index (χ1n) is 5.43. The third-order valence-corrected chi connectivity index (χ3v) is 2.50. The van der Waals surface area contributed by atoms with Gasteiger partial charge in [0.15, 0.2) is 0 Å². The number of benzene rings is 1. The van der Waals surface area contributed by atoms with Crippen LogP contribution < -0.4 is 10.5 Å². The first-order valence-corrected chi connectivity index (χ1v) is 5.43. The molecule has 0 radical (unpaired) electrons. The lowest BCUT2D eigenvalue weighted by Gasteiger charge is -2.10. The Kier molecular flexibility index (Phi) is 3.33. The van der Waals surface area contributed by atoms with Crippen LogP contribution in [0.2, 0.25) is 0 Å². The van der Waals surface area contributed by atoms with Gasteiger partial charge in [-0.2, -0.15) is 13.2 Å². The normalized spacial score (nSPS) is 11.4. The van der Waals surface area contributed by atoms with Crippen LogP contribution in [0.1, 0.15) is 11.1 Å². The lowest BCUT2D eigenvalue weighted by Crippen LogP contribution is -2.04. The third-order valence-electron chi connectivity index (χ3n) is 2.50. The first kappa shape index (κ1) is 13.2. The highest BCUT2D eigenvalue weighted by Gasteiger charge is 2.30. The first-order chi connectivity index (χ1) is 8.86. The Bertz CT molecular complexity index is 597. The molecule has 0 bridgehead atoms. The van der Waals surface area contributed by atoms with Crippen molar-refractivity contribution in [2.75, 3.05) is 5.73 Å². The van der Waals surface area contributed by atoms with E-state index in [1.807, 2.05) is 0 Å². The lowest BCUT2D eigenvalue weighted by atomic mass is 10.2. The Morgan fingerprint density at radius 2 is 1.95 bits per heavy atom. The van der Waals surface area contributed by atoms with E-state index in [-0.39, 0.29) is 11.6 Å². The maximum absolute atomic E-state index is 12.5. The summed E-state index contributed by atoms with van der Waals surface area (Å²) in [5.41, 5.74) is 6.14. The number of rotatable bonds is 2. The van der Waals surface area contributed by atoms with Gasteiger partial charge in [-0.3, -0.25) is 0 Å². The summed E-state index contributed by atoms with van der Waals surface area (Å²) in [6.45, 7) is 1.77. The summed E-state index contributed by atoms with van der Waals surface area (Å²) >= 11 is 0. The SMILES string of the molecule is Cc1cnc(Oc2cccc(C(F)(F)F)c2)cc1N. The Labute approximate surface area is 107 Å². The molecule has 2 aromatic rings. The van der Waals surface area contributed by atoms with Gasteiger partial charge < -0.3 is 10.5 Å². The Hall–Kier alpha value is -2.24. The molecule has 0 aliphatic heterocycles. The molecule has 2 rings (SSSR count). The number of nitrogens with two attached hydrogens (primary N) is 1. The Morgan fingerprint density at radius 3 is 2.58 bits per heavy atom. The zero-order chi connectivity index (χ0) is 14.0. The molecule has 0 spiro atoms. The second-order valence-corrected chi connectivity index (χ2v) is 4.01. The molecule has 19 heavy (non-hydrogen) atoms. The number of alkyl halides is 3. The van der Waals surface area contributed by atoms with Crippen molar-refractivity contribution >= 4 is 5.69 Å². The summed E-state index contributed by atoms with van der Waals surface area (Å²) in [6, 6.07) is 6.06. The predicted octanol–water partition coefficient (Wildman–Crippen LogP) is 3.78. The average molecular weight is 268 g/mol. The maximum atomic E-state index is 12.5. The van der Waals surface area contributed by atoms with Crippen molar-refractivity contribution in [3.63, 3.8) is 0 Å². The fraction of sp³-hybridized carbons (Fsp3) is 0.154. The topological polar surface area (TPSA) is 48.1 Å². The van der Waals surface area contributed by atoms with E-state index in [2.05, 4.69) is 4.98 Å². The van der Waals surface area contributed by atoms with E-state index >= 15 is 0 Å². The monoisotopic (exact) mass is 268 g/mol. The van der Waals surface area contributed by atoms with Gasteiger partial charge in [0.1, 0.15) is 5.75 Å². The van der Waals surface area contributed by atoms with Gasteiger partial charge in [0.25, 0.3) is 0 Å². The van der Waals surface area contributed by atoms with Gasteiger partial charge in [-0.1, -0.05) is 6.07 Å². The number of ether oxygens (including phenoxy) is 1. The fourth-order valence-electron chi connectivity index (χ4n) is 1.43. The van der Waals surface area contributed by atoms with Crippen molar-refractivity contribution in [2.24, 2.45) is 0 Å². The van der Waals surface area contributed by atoms with Crippen LogP contribution in [0.4, 0.5) is 18.9 Å². The molecule has 0 aliphatic carbocycles. The molecule has 1 heterocycles. The highest BCUT2D eigenvalue weighted by molar-refractivity contribution is 5.48. The third kappa shape index (κ3) is 3.15. The number of pyridine rings is 1. The minimum absolute atomic E-state index is 0.0607. The van der Waals surface area contributed by atoms with E-state index in [0.29, 0.717) is 5.69 Å². The van der Waals surface area contributed by atoms with E-state index in [1.165, 1.54) is 24.4 Å². The van der Waals surface area contributed by atoms with Crippen molar-refractivity contribution in [3.05, 3.63) is 47.7 Å². The number of aromatic nitrogens is 1. The molecule has 100 valence electrons. The average Bonchev–Trinajstić information content (AvgIpc) is 2.33. The van der Waals surface area contributed by atoms with Crippen molar-refractivity contribution in [1.29, 1.82) is 0 Å². The smallest absolute Gasteiger partial charge is 0.416 e. The Balaban J connectivity index is 2.26. The van der Waals surface area contributed by atoms with Crippen LogP contribution in [0.25, 0.3) is 0 Å². The molecule has 6 heteroatoms. The molecule has 1 aromatic carbocycles. The van der Waals surface area contributed by atoms with Gasteiger partial charge in [-0.05, 0) is 30.7 Å². The second-order valence-electron chi connectivity index (χ2n) is 4.01. The van der Waals surface area contributed by atoms with Gasteiger partial charge in [0.2, 0.25) is 5.88 Å². The molecule has 3 nitrogen and oxygen atoms in total. The summed E-state index contributed by atoms with van der Waals surface area (Å²) in [5.74, 6) is 0.216. The molecule has 0 atom stereocenters. The number of hydrogen-bond donors (Lipinski definition) is 1. The van der Waals surface area contributed by atoms with Crippen molar-refractivity contribution in [1.82, 2.24) is 4.98 Å². The van der Waals surface area contributed by atoms with E-state index in [4.69, 9.17) is 10.5 Å². The van der Waals surface area contributed by atoms with Gasteiger partial charge in [0, 0.05) is 18.0 Å². The highest BCUT2D eigenvalue weighted by atomic mass is 19.4. The minimum atomic E-state index is -4.40. The van der Waals surface area contributed by atoms with E-state index in [0.717, 1.165) is 17.7 Å². The summed E-state index contributed by atoms with van der Waals surface area (Å²) in [5, 5.41) is 0. The molecule has 0 saturated heterocycles. The van der Waals surface area contributed by atoms with Crippen LogP contribution in [0.5, 0.6) is 11.6 Å². The molecule has 0 amide bonds. The molecule has 2 N–H and O–H groups in total. The van der Waals surface area contributed by atoms with E-state index in [9.17, 15) is 13.2 Å². The number of hydrogen-bond acceptors (Lipinski definition) is 3. The maximum Gasteiger partial charge on any atom is 0.416 e. The molecule has 0 aliphatic rings. The van der Waals surface area contributed by atoms with Crippen molar-refractivity contribution < 1.29 is 17.9 Å². The number of nitrogens with zero attached hydrogens (tertiary/aromatic N) is 1. The number of aryl methyl sites for hydroxylation is 1. The predicted molar refractivity (Wildman–Crippen MR) is 64.9 cm³/mol. The fourth-order valence-corrected chi connectivity index (χ4v) is 1.43. The minimum Gasteiger partial charge on any atom is -0.439 e. The van der Waals surface area contributed by atoms with Gasteiger partial charge in [-0.25, -0.2) is 4.98 Å². The van der Waals surface area contributed by atoms with Gasteiger partial charge in [0.05, 0.1) is 5.56 Å². The number of nitrogen functional groups attached to an aromatic ring is 1. The largest absolute Gasteiger partial charge is 0.439 e. The van der Waals surface area contributed by atoms with Crippen LogP contribution in [0, 0.1) is 6.92 Å². The summed E-state index contributed by atoms with van der Waals surface area (Å²) < 4.78 is 42.9. The summed E-state index contributed by atoms with van der Waals surface area (Å²) in [6.07, 6.45) is -2.91. The number of halogens is 3. The number of anilines is 1. The molecular weight excluding hydrogens is 257 g/mol. The highest BCUT2D eigenvalue weighted by Crippen LogP contribution is 2.32. The molecule has 0 unspecified atom stereocenters. The summed E-state index contributed by atoms with van der Waals surface area (Å²) in [7, 11) is 0. The van der Waals surface area contributed by atoms with Gasteiger partial charge >= 0.3 is 6.18 Å². The quantitative estimate of drug-likeness (QED) is 0.901. The van der Waals surface area contributed by atoms with Gasteiger partial charge in [-0.15, -0.1) is 0 Å². The van der Waals surface area contributed by atoms with Crippen LogP contribution in [-0.2, 0) is 6.18 Å². The van der Waals surface area contributed by atoms with E-state index < -0.39 is 11.7 Å². The van der Waals surface area contributed by atoms with Crippen LogP contribution in [0.3, 0.4) is 0 Å². The summed E-state index contributed by atoms with van der Waals surface area (Å²) in [4.78, 5) is 3.94. The Morgan fingerprint density at radius 1 is 1.21 bits per heavy atom. The molecule has 1 aromatic heterocycles. The van der Waals surface area contributed by atoms with E-state index in [1.54, 1.807) is 6.92 Å². The zero-order valence-corrected chi connectivity index (χ0v) is 10.0. The second kappa shape index (κ2) is 4.79. The molecule has 0 saturated carbocycles. The zero-order valence-electron chi connectivity index (χ0n) is 10.0. The lowest BCUT2D eigenvalue weighted by molar-refractivity contribution is -0.137. The van der Waals surface area contributed by atoms with Crippen LogP contribution in [0.15, 0.2) is 36.5 Å². The van der Waals surface area contributed by atoms with Crippen molar-refractivity contribution in [2.45, 2.75) is 13.1 Å². The van der Waals surface area contributed by atoms with Crippen LogP contribution in [-0.4, -0.2) is 4.98 Å². The van der Waals surface area contributed by atoms with Crippen LogP contribution >= 0.6 is 0 Å². The molecular formula is C13H11F3N2O. The molecule has 0 fully saturated rings. The standard InChI is InChI=1S/C13H11F3N2O/c1-8-7-18-12(6-11(8)17)19-10-4-2-3-9(5-10)13(14,15)16/h2-7H,1H3,(H2,17,18).